The van der Waals surface area contributed by atoms with Crippen molar-refractivity contribution in [1.82, 2.24) is 5.32 Å². The molecule has 0 heterocycles. The number of urea groups is 1. The molecular weight excluding hydrogens is 309 g/mol. The van der Waals surface area contributed by atoms with E-state index in [2.05, 4.69) is 15.4 Å². The first kappa shape index (κ1) is 16.7. The van der Waals surface area contributed by atoms with Crippen molar-refractivity contribution >= 4 is 11.7 Å². The van der Waals surface area contributed by atoms with Gasteiger partial charge in [-0.2, -0.15) is 0 Å². The quantitative estimate of drug-likeness (QED) is 0.885. The number of halogens is 3. The highest BCUT2D eigenvalue weighted by Crippen LogP contribution is 2.23. The molecule has 0 fully saturated rings. The highest BCUT2D eigenvalue weighted by Gasteiger charge is 2.30. The first-order chi connectivity index (χ1) is 10.8. The molecular formula is C16H15F3N2O2. The zero-order valence-corrected chi connectivity index (χ0v) is 12.3. The highest BCUT2D eigenvalue weighted by atomic mass is 19.4. The lowest BCUT2D eigenvalue weighted by Gasteiger charge is -2.11. The fourth-order valence-electron chi connectivity index (χ4n) is 1.90. The van der Waals surface area contributed by atoms with Gasteiger partial charge in [0.15, 0.2) is 0 Å². The van der Waals surface area contributed by atoms with Crippen molar-refractivity contribution in [2.24, 2.45) is 0 Å². The SMILES string of the molecule is Cc1ccccc1CNC(=O)Nc1ccc(OC(F)(F)F)cc1. The van der Waals surface area contributed by atoms with E-state index in [0.717, 1.165) is 23.3 Å². The molecule has 23 heavy (non-hydrogen) atoms. The van der Waals surface area contributed by atoms with Crippen LogP contribution in [0.1, 0.15) is 11.1 Å². The van der Waals surface area contributed by atoms with Gasteiger partial charge < -0.3 is 15.4 Å². The number of carbonyl (C=O) groups excluding carboxylic acids is 1. The molecule has 0 saturated carbocycles. The summed E-state index contributed by atoms with van der Waals surface area (Å²) < 4.78 is 39.9. The summed E-state index contributed by atoms with van der Waals surface area (Å²) >= 11 is 0. The normalized spacial score (nSPS) is 11.0. The molecule has 2 N–H and O–H groups in total. The lowest BCUT2D eigenvalue weighted by atomic mass is 10.1. The second-order valence-electron chi connectivity index (χ2n) is 4.81. The lowest BCUT2D eigenvalue weighted by molar-refractivity contribution is -0.274. The Bertz CT molecular complexity index is 670. The molecule has 2 rings (SSSR count). The van der Waals surface area contributed by atoms with E-state index >= 15 is 0 Å². The smallest absolute Gasteiger partial charge is 0.406 e. The van der Waals surface area contributed by atoms with Crippen molar-refractivity contribution < 1.29 is 22.7 Å². The Morgan fingerprint density at radius 1 is 1.09 bits per heavy atom. The maximum atomic E-state index is 12.0. The van der Waals surface area contributed by atoms with Gasteiger partial charge >= 0.3 is 12.4 Å². The molecule has 0 spiro atoms. The van der Waals surface area contributed by atoms with E-state index in [1.165, 1.54) is 12.1 Å². The van der Waals surface area contributed by atoms with Crippen LogP contribution in [0.2, 0.25) is 0 Å². The van der Waals surface area contributed by atoms with Gasteiger partial charge in [0, 0.05) is 12.2 Å². The minimum absolute atomic E-state index is 0.344. The van der Waals surface area contributed by atoms with Crippen molar-refractivity contribution in [3.8, 4) is 5.75 Å². The van der Waals surface area contributed by atoms with Crippen LogP contribution in [0.15, 0.2) is 48.5 Å². The fourth-order valence-corrected chi connectivity index (χ4v) is 1.90. The predicted molar refractivity (Wildman–Crippen MR) is 80.2 cm³/mol. The van der Waals surface area contributed by atoms with E-state index in [4.69, 9.17) is 0 Å². The molecule has 2 amide bonds. The summed E-state index contributed by atoms with van der Waals surface area (Å²) in [5.41, 5.74) is 2.40. The summed E-state index contributed by atoms with van der Waals surface area (Å²) in [6.07, 6.45) is -4.74. The highest BCUT2D eigenvalue weighted by molar-refractivity contribution is 5.89. The van der Waals surface area contributed by atoms with Gasteiger partial charge in [-0.25, -0.2) is 4.79 Å². The van der Waals surface area contributed by atoms with Crippen molar-refractivity contribution in [3.63, 3.8) is 0 Å². The van der Waals surface area contributed by atoms with E-state index in [1.807, 2.05) is 31.2 Å². The Kier molecular flexibility index (Phi) is 5.10. The van der Waals surface area contributed by atoms with E-state index in [0.29, 0.717) is 12.2 Å². The molecule has 0 aliphatic rings. The second kappa shape index (κ2) is 7.04. The molecule has 2 aromatic carbocycles. The van der Waals surface area contributed by atoms with Crippen molar-refractivity contribution in [2.75, 3.05) is 5.32 Å². The number of anilines is 1. The van der Waals surface area contributed by atoms with E-state index in [-0.39, 0.29) is 5.75 Å². The topological polar surface area (TPSA) is 50.4 Å². The van der Waals surface area contributed by atoms with Crippen molar-refractivity contribution in [2.45, 2.75) is 19.8 Å². The van der Waals surface area contributed by atoms with Gasteiger partial charge in [-0.05, 0) is 42.3 Å². The number of rotatable bonds is 4. The largest absolute Gasteiger partial charge is 0.573 e. The Labute approximate surface area is 131 Å². The van der Waals surface area contributed by atoms with Crippen LogP contribution in [0.3, 0.4) is 0 Å². The van der Waals surface area contributed by atoms with Crippen LogP contribution in [-0.4, -0.2) is 12.4 Å². The standard InChI is InChI=1S/C16H15F3N2O2/c1-11-4-2-3-5-12(11)10-20-15(22)21-13-6-8-14(9-7-13)23-16(17,18)19/h2-9H,10H2,1H3,(H2,20,21,22). The summed E-state index contributed by atoms with van der Waals surface area (Å²) in [6.45, 7) is 2.29. The number of benzene rings is 2. The third kappa shape index (κ3) is 5.54. The molecule has 122 valence electrons. The average Bonchev–Trinajstić information content (AvgIpc) is 2.47. The van der Waals surface area contributed by atoms with Gasteiger partial charge in [0.05, 0.1) is 0 Å². The predicted octanol–water partition coefficient (Wildman–Crippen LogP) is 4.22. The van der Waals surface area contributed by atoms with Crippen LogP contribution in [0.4, 0.5) is 23.7 Å². The number of aryl methyl sites for hydroxylation is 1. The van der Waals surface area contributed by atoms with Crippen LogP contribution in [0.25, 0.3) is 0 Å². The van der Waals surface area contributed by atoms with Gasteiger partial charge in [0.25, 0.3) is 0 Å². The van der Waals surface area contributed by atoms with Gasteiger partial charge in [0.1, 0.15) is 5.75 Å². The number of hydrogen-bond donors (Lipinski definition) is 2. The third-order valence-corrected chi connectivity index (χ3v) is 3.05. The fraction of sp³-hybridized carbons (Fsp3) is 0.188. The number of alkyl halides is 3. The average molecular weight is 324 g/mol. The van der Waals surface area contributed by atoms with Crippen LogP contribution < -0.4 is 15.4 Å². The number of amides is 2. The maximum Gasteiger partial charge on any atom is 0.573 e. The molecule has 2 aromatic rings. The number of carbonyl (C=O) groups is 1. The Morgan fingerprint density at radius 2 is 1.74 bits per heavy atom. The zero-order chi connectivity index (χ0) is 16.9. The third-order valence-electron chi connectivity index (χ3n) is 3.05. The Morgan fingerprint density at radius 3 is 2.35 bits per heavy atom. The molecule has 0 aliphatic carbocycles. The van der Waals surface area contributed by atoms with Gasteiger partial charge in [-0.15, -0.1) is 13.2 Å². The molecule has 0 bridgehead atoms. The van der Waals surface area contributed by atoms with Gasteiger partial charge in [-0.3, -0.25) is 0 Å². The molecule has 0 radical (unpaired) electrons. The molecule has 4 nitrogen and oxygen atoms in total. The van der Waals surface area contributed by atoms with Gasteiger partial charge in [0.2, 0.25) is 0 Å². The maximum absolute atomic E-state index is 12.0. The van der Waals surface area contributed by atoms with Crippen molar-refractivity contribution in [3.05, 3.63) is 59.7 Å². The molecule has 0 aliphatic heterocycles. The van der Waals surface area contributed by atoms with Gasteiger partial charge in [-0.1, -0.05) is 24.3 Å². The van der Waals surface area contributed by atoms with Crippen LogP contribution in [-0.2, 0) is 6.54 Å². The van der Waals surface area contributed by atoms with Crippen LogP contribution in [0.5, 0.6) is 5.75 Å². The number of ether oxygens (including phenoxy) is 1. The molecule has 0 atom stereocenters. The van der Waals surface area contributed by atoms with Crippen LogP contribution >= 0.6 is 0 Å². The molecule has 7 heteroatoms. The number of nitrogens with one attached hydrogen (secondary N) is 2. The van der Waals surface area contributed by atoms with Crippen LogP contribution in [0, 0.1) is 6.92 Å². The second-order valence-corrected chi connectivity index (χ2v) is 4.81. The summed E-state index contributed by atoms with van der Waals surface area (Å²) in [6, 6.07) is 12.1. The van der Waals surface area contributed by atoms with E-state index < -0.39 is 12.4 Å². The summed E-state index contributed by atoms with van der Waals surface area (Å²) in [4.78, 5) is 11.8. The first-order valence-corrected chi connectivity index (χ1v) is 6.79. The minimum atomic E-state index is -4.74. The number of hydrogen-bond acceptors (Lipinski definition) is 2. The minimum Gasteiger partial charge on any atom is -0.406 e. The van der Waals surface area contributed by atoms with Crippen molar-refractivity contribution in [1.29, 1.82) is 0 Å². The lowest BCUT2D eigenvalue weighted by Crippen LogP contribution is -2.28. The Balaban J connectivity index is 1.87. The summed E-state index contributed by atoms with van der Waals surface area (Å²) in [7, 11) is 0. The Hall–Kier alpha value is -2.70. The molecule has 0 unspecified atom stereocenters. The van der Waals surface area contributed by atoms with E-state index in [1.54, 1.807) is 0 Å². The zero-order valence-electron chi connectivity index (χ0n) is 12.3. The first-order valence-electron chi connectivity index (χ1n) is 6.79. The van der Waals surface area contributed by atoms with E-state index in [9.17, 15) is 18.0 Å². The molecule has 0 aromatic heterocycles. The monoisotopic (exact) mass is 324 g/mol. The summed E-state index contributed by atoms with van der Waals surface area (Å²) in [5.74, 6) is -0.344. The molecule has 0 saturated heterocycles. The summed E-state index contributed by atoms with van der Waals surface area (Å²) in [5, 5.41) is 5.21.